The average Bonchev–Trinajstić information content (AvgIpc) is 2.36. The van der Waals surface area contributed by atoms with E-state index in [9.17, 15) is 9.59 Å². The molecule has 18 heavy (non-hydrogen) atoms. The van der Waals surface area contributed by atoms with Gasteiger partial charge in [-0.05, 0) is 12.5 Å². The average molecular weight is 253 g/mol. The minimum atomic E-state index is -1.07. The van der Waals surface area contributed by atoms with Crippen LogP contribution in [-0.2, 0) is 4.79 Å². The number of carbonyl (C=O) groups excluding carboxylic acids is 1. The predicted octanol–water partition coefficient (Wildman–Crippen LogP) is 1.07. The van der Waals surface area contributed by atoms with Gasteiger partial charge in [-0.25, -0.2) is 14.6 Å². The van der Waals surface area contributed by atoms with Crippen LogP contribution in [0, 0.1) is 0 Å². The number of nitrogens with zero attached hydrogens (tertiary/aromatic N) is 1. The van der Waals surface area contributed by atoms with Crippen molar-refractivity contribution in [1.29, 1.82) is 0 Å². The highest BCUT2D eigenvalue weighted by Crippen LogP contribution is 2.10. The monoisotopic (exact) mass is 253 g/mol. The Labute approximate surface area is 104 Å². The lowest BCUT2D eigenvalue weighted by Crippen LogP contribution is -2.42. The molecule has 0 radical (unpaired) electrons. The van der Waals surface area contributed by atoms with E-state index in [1.165, 1.54) is 13.3 Å². The predicted molar refractivity (Wildman–Crippen MR) is 64.7 cm³/mol. The zero-order chi connectivity index (χ0) is 13.5. The van der Waals surface area contributed by atoms with E-state index in [1.807, 2.05) is 0 Å². The molecule has 1 rings (SSSR count). The highest BCUT2D eigenvalue weighted by molar-refractivity contribution is 5.92. The molecule has 0 saturated heterocycles. The third kappa shape index (κ3) is 3.93. The van der Waals surface area contributed by atoms with Crippen LogP contribution in [0.4, 0.5) is 10.5 Å². The van der Waals surface area contributed by atoms with Crippen LogP contribution in [0.25, 0.3) is 0 Å². The number of pyridine rings is 1. The molecule has 1 aromatic heterocycles. The molecule has 1 atom stereocenters. The maximum Gasteiger partial charge on any atom is 0.326 e. The van der Waals surface area contributed by atoms with E-state index < -0.39 is 18.0 Å². The Morgan fingerprint density at radius 3 is 2.67 bits per heavy atom. The van der Waals surface area contributed by atoms with Crippen LogP contribution in [0.3, 0.4) is 0 Å². The molecule has 0 aliphatic carbocycles. The molecule has 0 unspecified atom stereocenters. The van der Waals surface area contributed by atoms with Crippen molar-refractivity contribution in [3.05, 3.63) is 18.3 Å². The maximum atomic E-state index is 11.5. The van der Waals surface area contributed by atoms with Gasteiger partial charge in [0.25, 0.3) is 0 Å². The van der Waals surface area contributed by atoms with Crippen molar-refractivity contribution in [2.45, 2.75) is 19.4 Å². The van der Waals surface area contributed by atoms with E-state index >= 15 is 0 Å². The van der Waals surface area contributed by atoms with Gasteiger partial charge in [0.1, 0.15) is 6.04 Å². The molecule has 0 aliphatic heterocycles. The fraction of sp³-hybridized carbons (Fsp3) is 0.364. The fourth-order valence-electron chi connectivity index (χ4n) is 1.24. The van der Waals surface area contributed by atoms with Crippen molar-refractivity contribution < 1.29 is 19.4 Å². The standard InChI is InChI=1S/C11H15N3O4/c1-3-8(10(15)16)14-11(17)13-7-4-5-9(18-2)12-6-7/h4-6,8H,3H2,1-2H3,(H,15,16)(H2,13,14,17)/t8-/m0/s1. The van der Waals surface area contributed by atoms with Crippen LogP contribution in [0.2, 0.25) is 0 Å². The molecule has 1 aromatic rings. The molecule has 7 nitrogen and oxygen atoms in total. The summed E-state index contributed by atoms with van der Waals surface area (Å²) in [4.78, 5) is 26.1. The second kappa shape index (κ2) is 6.43. The molecule has 7 heteroatoms. The topological polar surface area (TPSA) is 101 Å². The third-order valence-corrected chi connectivity index (χ3v) is 2.22. The van der Waals surface area contributed by atoms with Crippen molar-refractivity contribution in [3.63, 3.8) is 0 Å². The highest BCUT2D eigenvalue weighted by atomic mass is 16.5. The number of hydrogen-bond acceptors (Lipinski definition) is 4. The van der Waals surface area contributed by atoms with Crippen LogP contribution in [0.15, 0.2) is 18.3 Å². The number of amides is 2. The number of carboxylic acids is 1. The largest absolute Gasteiger partial charge is 0.481 e. The first kappa shape index (κ1) is 13.8. The number of carboxylic acid groups (broad SMARTS) is 1. The van der Waals surface area contributed by atoms with Gasteiger partial charge < -0.3 is 20.5 Å². The van der Waals surface area contributed by atoms with Crippen molar-refractivity contribution >= 4 is 17.7 Å². The lowest BCUT2D eigenvalue weighted by molar-refractivity contribution is -0.139. The second-order valence-corrected chi connectivity index (χ2v) is 3.49. The molecule has 0 fully saturated rings. The molecule has 0 bridgehead atoms. The van der Waals surface area contributed by atoms with Gasteiger partial charge in [-0.2, -0.15) is 0 Å². The van der Waals surface area contributed by atoms with Gasteiger partial charge in [-0.3, -0.25) is 0 Å². The summed E-state index contributed by atoms with van der Waals surface area (Å²) >= 11 is 0. The summed E-state index contributed by atoms with van der Waals surface area (Å²) in [5, 5.41) is 13.6. The maximum absolute atomic E-state index is 11.5. The molecule has 0 aliphatic rings. The van der Waals surface area contributed by atoms with Gasteiger partial charge in [0, 0.05) is 6.07 Å². The summed E-state index contributed by atoms with van der Waals surface area (Å²) < 4.78 is 4.87. The Bertz CT molecular complexity index is 419. The van der Waals surface area contributed by atoms with Crippen molar-refractivity contribution in [2.75, 3.05) is 12.4 Å². The van der Waals surface area contributed by atoms with E-state index in [2.05, 4.69) is 15.6 Å². The normalized spacial score (nSPS) is 11.4. The summed E-state index contributed by atoms with van der Waals surface area (Å²) in [5.74, 6) is -0.640. The van der Waals surface area contributed by atoms with Crippen LogP contribution >= 0.6 is 0 Å². The van der Waals surface area contributed by atoms with Gasteiger partial charge in [-0.15, -0.1) is 0 Å². The Morgan fingerprint density at radius 2 is 2.22 bits per heavy atom. The molecular formula is C11H15N3O4. The van der Waals surface area contributed by atoms with E-state index in [0.29, 0.717) is 18.0 Å². The number of methoxy groups -OCH3 is 1. The first-order valence-electron chi connectivity index (χ1n) is 5.37. The molecule has 3 N–H and O–H groups in total. The Balaban J connectivity index is 2.55. The smallest absolute Gasteiger partial charge is 0.326 e. The number of aromatic nitrogens is 1. The quantitative estimate of drug-likeness (QED) is 0.728. The molecule has 1 heterocycles. The Morgan fingerprint density at radius 1 is 1.50 bits per heavy atom. The van der Waals surface area contributed by atoms with Crippen LogP contribution < -0.4 is 15.4 Å². The zero-order valence-corrected chi connectivity index (χ0v) is 10.1. The number of nitrogens with one attached hydrogen (secondary N) is 2. The van der Waals surface area contributed by atoms with Crippen molar-refractivity contribution in [3.8, 4) is 5.88 Å². The Kier molecular flexibility index (Phi) is 4.91. The number of carbonyl (C=O) groups is 2. The van der Waals surface area contributed by atoms with Gasteiger partial charge in [0.2, 0.25) is 5.88 Å². The summed E-state index contributed by atoms with van der Waals surface area (Å²) in [7, 11) is 1.49. The SMILES string of the molecule is CC[C@H](NC(=O)Nc1ccc(OC)nc1)C(=O)O. The number of urea groups is 1. The van der Waals surface area contributed by atoms with Crippen LogP contribution in [-0.4, -0.2) is 35.2 Å². The molecule has 0 spiro atoms. The minimum Gasteiger partial charge on any atom is -0.481 e. The number of rotatable bonds is 5. The van der Waals surface area contributed by atoms with Crippen LogP contribution in [0.5, 0.6) is 5.88 Å². The first-order valence-corrected chi connectivity index (χ1v) is 5.37. The molecule has 98 valence electrons. The molecule has 0 saturated carbocycles. The van der Waals surface area contributed by atoms with E-state index in [-0.39, 0.29) is 0 Å². The summed E-state index contributed by atoms with van der Waals surface area (Å²) in [6, 6.07) is 1.70. The van der Waals surface area contributed by atoms with Gasteiger partial charge in [0.15, 0.2) is 0 Å². The van der Waals surface area contributed by atoms with Gasteiger partial charge in [0.05, 0.1) is 19.0 Å². The molecule has 2 amide bonds. The fourth-order valence-corrected chi connectivity index (χ4v) is 1.24. The van der Waals surface area contributed by atoms with E-state index in [0.717, 1.165) is 0 Å². The summed E-state index contributed by atoms with van der Waals surface area (Å²) in [5.41, 5.74) is 0.452. The van der Waals surface area contributed by atoms with Crippen molar-refractivity contribution in [1.82, 2.24) is 10.3 Å². The van der Waals surface area contributed by atoms with E-state index in [1.54, 1.807) is 19.1 Å². The van der Waals surface area contributed by atoms with Gasteiger partial charge in [-0.1, -0.05) is 6.92 Å². The molecular weight excluding hydrogens is 238 g/mol. The first-order chi connectivity index (χ1) is 8.56. The number of hydrogen-bond donors (Lipinski definition) is 3. The van der Waals surface area contributed by atoms with E-state index in [4.69, 9.17) is 9.84 Å². The molecule has 0 aromatic carbocycles. The summed E-state index contributed by atoms with van der Waals surface area (Å²) in [6.07, 6.45) is 1.73. The Hall–Kier alpha value is -2.31. The highest BCUT2D eigenvalue weighted by Gasteiger charge is 2.17. The minimum absolute atomic E-state index is 0.309. The number of anilines is 1. The lowest BCUT2D eigenvalue weighted by atomic mass is 10.2. The second-order valence-electron chi connectivity index (χ2n) is 3.49. The van der Waals surface area contributed by atoms with Crippen LogP contribution in [0.1, 0.15) is 13.3 Å². The number of aliphatic carboxylic acids is 1. The third-order valence-electron chi connectivity index (χ3n) is 2.22. The lowest BCUT2D eigenvalue weighted by Gasteiger charge is -2.13. The van der Waals surface area contributed by atoms with Gasteiger partial charge >= 0.3 is 12.0 Å². The number of ether oxygens (including phenoxy) is 1. The zero-order valence-electron chi connectivity index (χ0n) is 10.1. The van der Waals surface area contributed by atoms with Crippen molar-refractivity contribution in [2.24, 2.45) is 0 Å². The summed E-state index contributed by atoms with van der Waals surface area (Å²) in [6.45, 7) is 1.67.